The van der Waals surface area contributed by atoms with Gasteiger partial charge in [0.15, 0.2) is 5.78 Å². The molecule has 0 aromatic heterocycles. The minimum atomic E-state index is -0.192. The van der Waals surface area contributed by atoms with Gasteiger partial charge < -0.3 is 18.9 Å². The van der Waals surface area contributed by atoms with E-state index in [1.54, 1.807) is 0 Å². The van der Waals surface area contributed by atoms with E-state index in [0.717, 1.165) is 37.2 Å². The molecule has 0 radical (unpaired) electrons. The summed E-state index contributed by atoms with van der Waals surface area (Å²) in [5.74, 6) is 0.0116. The molecule has 0 spiro atoms. The Hall–Kier alpha value is -2.05. The molecule has 4 unspecified atom stereocenters. The zero-order valence-corrected chi connectivity index (χ0v) is 17.7. The first-order valence-corrected chi connectivity index (χ1v) is 10.9. The van der Waals surface area contributed by atoms with Crippen molar-refractivity contribution < 1.29 is 23.7 Å². The molecule has 0 amide bonds. The number of hydrogen-bond acceptors (Lipinski definition) is 5. The molecule has 2 saturated heterocycles. The predicted molar refractivity (Wildman–Crippen MR) is 114 cm³/mol. The number of epoxide rings is 2. The maximum Gasteiger partial charge on any atom is 0.193 e. The molecule has 0 aliphatic carbocycles. The Labute approximate surface area is 178 Å². The van der Waals surface area contributed by atoms with Crippen molar-refractivity contribution in [3.8, 4) is 0 Å². The lowest BCUT2D eigenvalue weighted by molar-refractivity contribution is 0.0238. The van der Waals surface area contributed by atoms with Gasteiger partial charge in [-0.3, -0.25) is 4.79 Å². The van der Waals surface area contributed by atoms with Crippen LogP contribution in [0, 0.1) is 0 Å². The van der Waals surface area contributed by atoms with Crippen LogP contribution >= 0.6 is 0 Å². The van der Waals surface area contributed by atoms with Gasteiger partial charge in [-0.25, -0.2) is 0 Å². The maximum absolute atomic E-state index is 13.4. The standard InChI is InChI=1S/C25H30O5/c1-3-22(29-15-18-13-27-18)20-11-8-12-21(25(26)17-9-6-5-7-10-17)24(20)23(4-2)30-16-19-14-28-19/h5-12,18-19,22-23H,3-4,13-16H2,1-2H3. The average molecular weight is 411 g/mol. The highest BCUT2D eigenvalue weighted by atomic mass is 16.6. The first-order valence-electron chi connectivity index (χ1n) is 10.9. The van der Waals surface area contributed by atoms with Crippen LogP contribution in [-0.2, 0) is 18.9 Å². The lowest BCUT2D eigenvalue weighted by atomic mass is 9.87. The minimum Gasteiger partial charge on any atom is -0.371 e. The summed E-state index contributed by atoms with van der Waals surface area (Å²) in [4.78, 5) is 13.4. The molecular weight excluding hydrogens is 380 g/mol. The Morgan fingerprint density at radius 1 is 0.900 bits per heavy atom. The molecule has 2 aromatic carbocycles. The smallest absolute Gasteiger partial charge is 0.193 e. The van der Waals surface area contributed by atoms with E-state index >= 15 is 0 Å². The predicted octanol–water partition coefficient (Wildman–Crippen LogP) is 4.65. The lowest BCUT2D eigenvalue weighted by Crippen LogP contribution is -2.19. The zero-order chi connectivity index (χ0) is 20.9. The van der Waals surface area contributed by atoms with Crippen molar-refractivity contribution in [3.05, 3.63) is 70.8 Å². The Bertz CT molecular complexity index is 842. The Balaban J connectivity index is 1.70. The Kier molecular flexibility index (Phi) is 6.95. The monoisotopic (exact) mass is 410 g/mol. The topological polar surface area (TPSA) is 60.6 Å². The zero-order valence-electron chi connectivity index (χ0n) is 17.7. The summed E-state index contributed by atoms with van der Waals surface area (Å²) in [5, 5.41) is 0. The molecule has 5 nitrogen and oxygen atoms in total. The summed E-state index contributed by atoms with van der Waals surface area (Å²) in [7, 11) is 0. The number of ether oxygens (including phenoxy) is 4. The quantitative estimate of drug-likeness (QED) is 0.376. The molecule has 4 rings (SSSR count). The van der Waals surface area contributed by atoms with Crippen molar-refractivity contribution in [1.29, 1.82) is 0 Å². The molecule has 2 fully saturated rings. The van der Waals surface area contributed by atoms with E-state index in [4.69, 9.17) is 18.9 Å². The van der Waals surface area contributed by atoms with Gasteiger partial charge in [-0.2, -0.15) is 0 Å². The van der Waals surface area contributed by atoms with Gasteiger partial charge in [0, 0.05) is 11.1 Å². The summed E-state index contributed by atoms with van der Waals surface area (Å²) in [6, 6.07) is 15.3. The fourth-order valence-corrected chi connectivity index (χ4v) is 3.77. The van der Waals surface area contributed by atoms with Crippen LogP contribution in [0.2, 0.25) is 0 Å². The van der Waals surface area contributed by atoms with Crippen LogP contribution in [-0.4, -0.2) is 44.4 Å². The number of rotatable bonds is 12. The molecule has 0 N–H and O–H groups in total. The van der Waals surface area contributed by atoms with Crippen LogP contribution in [0.25, 0.3) is 0 Å². The van der Waals surface area contributed by atoms with Gasteiger partial charge >= 0.3 is 0 Å². The number of carbonyl (C=O) groups excluding carboxylic acids is 1. The van der Waals surface area contributed by atoms with E-state index in [-0.39, 0.29) is 30.2 Å². The summed E-state index contributed by atoms with van der Waals surface area (Å²) in [6.07, 6.45) is 1.64. The van der Waals surface area contributed by atoms with Crippen LogP contribution < -0.4 is 0 Å². The van der Waals surface area contributed by atoms with Gasteiger partial charge in [0.1, 0.15) is 12.2 Å². The highest BCUT2D eigenvalue weighted by molar-refractivity contribution is 6.10. The summed E-state index contributed by atoms with van der Waals surface area (Å²) < 4.78 is 23.1. The second-order valence-corrected chi connectivity index (χ2v) is 7.87. The van der Waals surface area contributed by atoms with E-state index in [0.29, 0.717) is 24.3 Å². The van der Waals surface area contributed by atoms with E-state index in [1.807, 2.05) is 42.5 Å². The third-order valence-corrected chi connectivity index (χ3v) is 5.60. The van der Waals surface area contributed by atoms with Crippen molar-refractivity contribution in [2.45, 2.75) is 51.1 Å². The molecule has 0 saturated carbocycles. The molecule has 0 bridgehead atoms. The third-order valence-electron chi connectivity index (χ3n) is 5.60. The van der Waals surface area contributed by atoms with Gasteiger partial charge in [-0.05, 0) is 24.0 Å². The Morgan fingerprint density at radius 2 is 1.50 bits per heavy atom. The van der Waals surface area contributed by atoms with Gasteiger partial charge in [0.2, 0.25) is 0 Å². The largest absolute Gasteiger partial charge is 0.371 e. The molecule has 2 aliphatic rings. The molecular formula is C25H30O5. The first kappa shape index (κ1) is 21.2. The SMILES string of the molecule is CCC(OCC1CO1)c1cccc(C(=O)c2ccccc2)c1C(CC)OCC1CO1. The van der Waals surface area contributed by atoms with Crippen LogP contribution in [0.15, 0.2) is 48.5 Å². The van der Waals surface area contributed by atoms with Gasteiger partial charge in [0.25, 0.3) is 0 Å². The van der Waals surface area contributed by atoms with E-state index in [2.05, 4.69) is 19.9 Å². The summed E-state index contributed by atoms with van der Waals surface area (Å²) in [5.41, 5.74) is 3.34. The normalized spacial score (nSPS) is 21.8. The number of benzene rings is 2. The van der Waals surface area contributed by atoms with E-state index < -0.39 is 0 Å². The van der Waals surface area contributed by atoms with Crippen molar-refractivity contribution in [2.24, 2.45) is 0 Å². The number of ketones is 1. The molecule has 2 aliphatic heterocycles. The van der Waals surface area contributed by atoms with Gasteiger partial charge in [0.05, 0.1) is 38.6 Å². The van der Waals surface area contributed by atoms with Gasteiger partial charge in [-0.1, -0.05) is 62.4 Å². The van der Waals surface area contributed by atoms with Crippen LogP contribution in [0.4, 0.5) is 0 Å². The second kappa shape index (κ2) is 9.84. The van der Waals surface area contributed by atoms with Crippen LogP contribution in [0.5, 0.6) is 0 Å². The van der Waals surface area contributed by atoms with Crippen molar-refractivity contribution in [3.63, 3.8) is 0 Å². The van der Waals surface area contributed by atoms with Gasteiger partial charge in [-0.15, -0.1) is 0 Å². The second-order valence-electron chi connectivity index (χ2n) is 7.87. The minimum absolute atomic E-state index is 0.0116. The number of hydrogen-bond donors (Lipinski definition) is 0. The van der Waals surface area contributed by atoms with Crippen molar-refractivity contribution in [2.75, 3.05) is 26.4 Å². The lowest BCUT2D eigenvalue weighted by Gasteiger charge is -2.26. The highest BCUT2D eigenvalue weighted by Gasteiger charge is 2.30. The summed E-state index contributed by atoms with van der Waals surface area (Å²) >= 11 is 0. The molecule has 30 heavy (non-hydrogen) atoms. The van der Waals surface area contributed by atoms with Crippen LogP contribution in [0.1, 0.15) is 65.9 Å². The van der Waals surface area contributed by atoms with Crippen LogP contribution in [0.3, 0.4) is 0 Å². The Morgan fingerprint density at radius 3 is 2.07 bits per heavy atom. The van der Waals surface area contributed by atoms with E-state index in [9.17, 15) is 4.79 Å². The molecule has 5 heteroatoms. The molecule has 2 heterocycles. The fourth-order valence-electron chi connectivity index (χ4n) is 3.77. The molecule has 2 aromatic rings. The average Bonchev–Trinajstić information content (AvgIpc) is 3.70. The highest BCUT2D eigenvalue weighted by Crippen LogP contribution is 2.36. The third kappa shape index (κ3) is 5.16. The van der Waals surface area contributed by atoms with Crippen molar-refractivity contribution in [1.82, 2.24) is 0 Å². The maximum atomic E-state index is 13.4. The summed E-state index contributed by atoms with van der Waals surface area (Å²) in [6.45, 7) is 6.81. The molecule has 160 valence electrons. The fraction of sp³-hybridized carbons (Fsp3) is 0.480. The van der Waals surface area contributed by atoms with Crippen molar-refractivity contribution >= 4 is 5.78 Å². The molecule has 4 atom stereocenters. The van der Waals surface area contributed by atoms with E-state index in [1.165, 1.54) is 0 Å². The number of carbonyl (C=O) groups is 1. The first-order chi connectivity index (χ1) is 14.7.